The fourth-order valence-corrected chi connectivity index (χ4v) is 2.89. The SMILES string of the molecule is CNC(=O)C1CCN(CCC(=O)NC(=O)NCc2ccccc2)CC1. The van der Waals surface area contributed by atoms with E-state index in [2.05, 4.69) is 20.9 Å². The van der Waals surface area contributed by atoms with Crippen molar-refractivity contribution < 1.29 is 14.4 Å². The first-order chi connectivity index (χ1) is 12.1. The Bertz CT molecular complexity index is 583. The molecule has 0 unspecified atom stereocenters. The van der Waals surface area contributed by atoms with Crippen LogP contribution in [0, 0.1) is 5.92 Å². The summed E-state index contributed by atoms with van der Waals surface area (Å²) in [6.07, 6.45) is 1.88. The van der Waals surface area contributed by atoms with Gasteiger partial charge in [0, 0.05) is 32.5 Å². The maximum Gasteiger partial charge on any atom is 0.321 e. The molecule has 1 aromatic rings. The van der Waals surface area contributed by atoms with Crippen molar-refractivity contribution in [1.82, 2.24) is 20.9 Å². The van der Waals surface area contributed by atoms with Crippen molar-refractivity contribution in [1.29, 1.82) is 0 Å². The summed E-state index contributed by atoms with van der Waals surface area (Å²) in [5.74, 6) is -0.134. The van der Waals surface area contributed by atoms with Crippen molar-refractivity contribution in [3.8, 4) is 0 Å². The zero-order valence-electron chi connectivity index (χ0n) is 14.6. The van der Waals surface area contributed by atoms with Crippen molar-refractivity contribution in [2.75, 3.05) is 26.7 Å². The summed E-state index contributed by atoms with van der Waals surface area (Å²) in [4.78, 5) is 37.3. The molecule has 0 bridgehead atoms. The normalized spacial score (nSPS) is 15.4. The summed E-state index contributed by atoms with van der Waals surface area (Å²) < 4.78 is 0. The van der Waals surface area contributed by atoms with Gasteiger partial charge in [-0.05, 0) is 31.5 Å². The van der Waals surface area contributed by atoms with Gasteiger partial charge in [0.05, 0.1) is 0 Å². The van der Waals surface area contributed by atoms with E-state index < -0.39 is 6.03 Å². The van der Waals surface area contributed by atoms with E-state index in [1.807, 2.05) is 30.3 Å². The Morgan fingerprint density at radius 2 is 1.80 bits per heavy atom. The molecule has 7 nitrogen and oxygen atoms in total. The van der Waals surface area contributed by atoms with Crippen molar-refractivity contribution in [3.63, 3.8) is 0 Å². The summed E-state index contributed by atoms with van der Waals surface area (Å²) in [5.41, 5.74) is 0.976. The molecule has 0 atom stereocenters. The van der Waals surface area contributed by atoms with Gasteiger partial charge in [0.15, 0.2) is 0 Å². The number of hydrogen-bond acceptors (Lipinski definition) is 4. The van der Waals surface area contributed by atoms with Crippen molar-refractivity contribution in [3.05, 3.63) is 35.9 Å². The second-order valence-electron chi connectivity index (χ2n) is 6.20. The molecule has 0 aliphatic carbocycles. The van der Waals surface area contributed by atoms with E-state index in [9.17, 15) is 14.4 Å². The molecule has 0 saturated carbocycles. The topological polar surface area (TPSA) is 90.5 Å². The minimum Gasteiger partial charge on any atom is -0.359 e. The first kappa shape index (κ1) is 18.9. The lowest BCUT2D eigenvalue weighted by atomic mass is 9.96. The van der Waals surface area contributed by atoms with Crippen LogP contribution in [0.15, 0.2) is 30.3 Å². The lowest BCUT2D eigenvalue weighted by Crippen LogP contribution is -2.43. The minimum absolute atomic E-state index is 0.0684. The number of carbonyl (C=O) groups is 3. The van der Waals surface area contributed by atoms with Crippen LogP contribution in [0.4, 0.5) is 4.79 Å². The molecule has 1 heterocycles. The van der Waals surface area contributed by atoms with Crippen LogP contribution in [0.1, 0.15) is 24.8 Å². The van der Waals surface area contributed by atoms with Crippen LogP contribution < -0.4 is 16.0 Å². The average molecular weight is 346 g/mol. The third kappa shape index (κ3) is 6.54. The number of imide groups is 1. The number of nitrogens with zero attached hydrogens (tertiary/aromatic N) is 1. The number of carbonyl (C=O) groups excluding carboxylic acids is 3. The molecule has 3 N–H and O–H groups in total. The van der Waals surface area contributed by atoms with Gasteiger partial charge in [0.25, 0.3) is 0 Å². The fourth-order valence-electron chi connectivity index (χ4n) is 2.89. The molecule has 2 rings (SSSR count). The van der Waals surface area contributed by atoms with Gasteiger partial charge in [0.1, 0.15) is 0 Å². The maximum absolute atomic E-state index is 11.9. The third-order valence-electron chi connectivity index (χ3n) is 4.41. The molecular weight excluding hydrogens is 320 g/mol. The quantitative estimate of drug-likeness (QED) is 0.713. The van der Waals surface area contributed by atoms with Gasteiger partial charge >= 0.3 is 6.03 Å². The van der Waals surface area contributed by atoms with Gasteiger partial charge < -0.3 is 15.5 Å². The van der Waals surface area contributed by atoms with Gasteiger partial charge in [-0.1, -0.05) is 30.3 Å². The molecule has 0 aromatic heterocycles. The molecular formula is C18H26N4O3. The van der Waals surface area contributed by atoms with Crippen LogP contribution in [0.3, 0.4) is 0 Å². The third-order valence-corrected chi connectivity index (χ3v) is 4.41. The predicted molar refractivity (Wildman–Crippen MR) is 94.7 cm³/mol. The summed E-state index contributed by atoms with van der Waals surface area (Å²) in [7, 11) is 1.65. The van der Waals surface area contributed by atoms with E-state index in [1.165, 1.54) is 0 Å². The number of rotatable bonds is 6. The van der Waals surface area contributed by atoms with E-state index >= 15 is 0 Å². The van der Waals surface area contributed by atoms with E-state index in [0.717, 1.165) is 31.5 Å². The molecule has 25 heavy (non-hydrogen) atoms. The van der Waals surface area contributed by atoms with Gasteiger partial charge in [-0.2, -0.15) is 0 Å². The Kier molecular flexibility index (Phi) is 7.40. The number of hydrogen-bond donors (Lipinski definition) is 3. The average Bonchev–Trinajstić information content (AvgIpc) is 2.65. The monoisotopic (exact) mass is 346 g/mol. The molecule has 4 amide bonds. The molecule has 1 fully saturated rings. The highest BCUT2D eigenvalue weighted by Crippen LogP contribution is 2.17. The largest absolute Gasteiger partial charge is 0.359 e. The molecule has 7 heteroatoms. The highest BCUT2D eigenvalue weighted by atomic mass is 16.2. The Balaban J connectivity index is 1.61. The molecule has 136 valence electrons. The highest BCUT2D eigenvalue weighted by Gasteiger charge is 2.24. The van der Waals surface area contributed by atoms with E-state index in [1.54, 1.807) is 7.05 Å². The number of urea groups is 1. The first-order valence-corrected chi connectivity index (χ1v) is 8.64. The van der Waals surface area contributed by atoms with Crippen molar-refractivity contribution in [2.24, 2.45) is 5.92 Å². The molecule has 0 radical (unpaired) electrons. The summed E-state index contributed by atoms with van der Waals surface area (Å²) in [6, 6.07) is 9.03. The summed E-state index contributed by atoms with van der Waals surface area (Å²) in [5, 5.41) is 7.69. The van der Waals surface area contributed by atoms with E-state index in [0.29, 0.717) is 13.1 Å². The predicted octanol–water partition coefficient (Wildman–Crippen LogP) is 0.861. The van der Waals surface area contributed by atoms with Crippen LogP contribution in [-0.4, -0.2) is 49.4 Å². The van der Waals surface area contributed by atoms with Gasteiger partial charge in [0.2, 0.25) is 11.8 Å². The van der Waals surface area contributed by atoms with Crippen molar-refractivity contribution >= 4 is 17.8 Å². The minimum atomic E-state index is -0.479. The lowest BCUT2D eigenvalue weighted by Gasteiger charge is -2.30. The second-order valence-corrected chi connectivity index (χ2v) is 6.20. The highest BCUT2D eigenvalue weighted by molar-refractivity contribution is 5.94. The summed E-state index contributed by atoms with van der Waals surface area (Å²) >= 11 is 0. The molecule has 0 spiro atoms. The maximum atomic E-state index is 11.9. The standard InChI is InChI=1S/C18H26N4O3/c1-19-17(24)15-7-10-22(11-8-15)12-9-16(23)21-18(25)20-13-14-5-3-2-4-6-14/h2-6,15H,7-13H2,1H3,(H,19,24)(H2,20,21,23,25). The second kappa shape index (κ2) is 9.78. The van der Waals surface area contributed by atoms with Gasteiger partial charge in [-0.25, -0.2) is 4.79 Å². The zero-order valence-corrected chi connectivity index (χ0v) is 14.6. The fraction of sp³-hybridized carbons (Fsp3) is 0.500. The first-order valence-electron chi connectivity index (χ1n) is 8.64. The summed E-state index contributed by atoms with van der Waals surface area (Å²) in [6.45, 7) is 2.57. The van der Waals surface area contributed by atoms with Crippen LogP contribution >= 0.6 is 0 Å². The van der Waals surface area contributed by atoms with E-state index in [-0.39, 0.29) is 24.2 Å². The smallest absolute Gasteiger partial charge is 0.321 e. The number of nitrogens with one attached hydrogen (secondary N) is 3. The number of benzene rings is 1. The van der Waals surface area contributed by atoms with E-state index in [4.69, 9.17) is 0 Å². The van der Waals surface area contributed by atoms with Crippen LogP contribution in [-0.2, 0) is 16.1 Å². The Morgan fingerprint density at radius 1 is 1.12 bits per heavy atom. The number of likely N-dealkylation sites (tertiary alicyclic amines) is 1. The zero-order chi connectivity index (χ0) is 18.1. The van der Waals surface area contributed by atoms with Crippen LogP contribution in [0.5, 0.6) is 0 Å². The number of amides is 4. The Hall–Kier alpha value is -2.41. The van der Waals surface area contributed by atoms with Crippen molar-refractivity contribution in [2.45, 2.75) is 25.8 Å². The lowest BCUT2D eigenvalue weighted by molar-refractivity contribution is -0.126. The van der Waals surface area contributed by atoms with Gasteiger partial charge in [-0.15, -0.1) is 0 Å². The molecule has 1 aliphatic heterocycles. The molecule has 1 aliphatic rings. The van der Waals surface area contributed by atoms with Crippen LogP contribution in [0.25, 0.3) is 0 Å². The Labute approximate surface area is 148 Å². The Morgan fingerprint density at radius 3 is 2.44 bits per heavy atom. The van der Waals surface area contributed by atoms with Gasteiger partial charge in [-0.3, -0.25) is 14.9 Å². The van der Waals surface area contributed by atoms with Crippen LogP contribution in [0.2, 0.25) is 0 Å². The number of piperidine rings is 1. The molecule has 1 saturated heterocycles. The molecule has 1 aromatic carbocycles.